The first-order valence-electron chi connectivity index (χ1n) is 4.99. The normalized spacial score (nSPS) is 12.2. The summed E-state index contributed by atoms with van der Waals surface area (Å²) in [6.45, 7) is 2.83. The zero-order valence-electron chi connectivity index (χ0n) is 9.18. The van der Waals surface area contributed by atoms with Crippen LogP contribution in [0.4, 0.5) is 0 Å². The lowest BCUT2D eigenvalue weighted by Crippen LogP contribution is -2.34. The second-order valence-electron chi connectivity index (χ2n) is 3.69. The molecule has 0 aliphatic carbocycles. The van der Waals surface area contributed by atoms with Crippen molar-refractivity contribution in [1.82, 2.24) is 9.88 Å². The van der Waals surface area contributed by atoms with Crippen LogP contribution in [0.15, 0.2) is 24.5 Å². The van der Waals surface area contributed by atoms with E-state index in [4.69, 9.17) is 5.73 Å². The molecule has 0 aliphatic heterocycles. The van der Waals surface area contributed by atoms with Gasteiger partial charge in [0.1, 0.15) is 0 Å². The van der Waals surface area contributed by atoms with E-state index >= 15 is 0 Å². The predicted octanol–water partition coefficient (Wildman–Crippen LogP) is 0.635. The quantitative estimate of drug-likeness (QED) is 0.788. The molecule has 0 fully saturated rings. The molecule has 1 atom stereocenters. The number of nitrogens with two attached hydrogens (primary N) is 1. The summed E-state index contributed by atoms with van der Waals surface area (Å²) in [5.74, 6) is -0.0360. The zero-order valence-corrected chi connectivity index (χ0v) is 9.18. The van der Waals surface area contributed by atoms with E-state index in [9.17, 15) is 4.79 Å². The Morgan fingerprint density at radius 2 is 2.13 bits per heavy atom. The fourth-order valence-electron chi connectivity index (χ4n) is 1.32. The number of hydrogen-bond donors (Lipinski definition) is 1. The third-order valence-corrected chi connectivity index (χ3v) is 2.32. The molecule has 2 N–H and O–H groups in total. The van der Waals surface area contributed by atoms with Crippen LogP contribution in [0.5, 0.6) is 0 Å². The second kappa shape index (κ2) is 5.46. The first kappa shape index (κ1) is 11.7. The van der Waals surface area contributed by atoms with Crippen LogP contribution in [0.3, 0.4) is 0 Å². The molecule has 0 aliphatic rings. The summed E-state index contributed by atoms with van der Waals surface area (Å²) in [7, 11) is 1.79. The Bertz CT molecular complexity index is 313. The Kier molecular flexibility index (Phi) is 4.24. The Morgan fingerprint density at radius 1 is 1.53 bits per heavy atom. The zero-order chi connectivity index (χ0) is 11.3. The molecule has 1 aromatic heterocycles. The molecule has 15 heavy (non-hydrogen) atoms. The molecule has 0 saturated carbocycles. The lowest BCUT2D eigenvalue weighted by atomic mass is 10.1. The molecule has 4 heteroatoms. The minimum Gasteiger partial charge on any atom is -0.341 e. The Labute approximate surface area is 90.1 Å². The maximum atomic E-state index is 11.7. The van der Waals surface area contributed by atoms with Crippen molar-refractivity contribution >= 4 is 5.91 Å². The van der Waals surface area contributed by atoms with Gasteiger partial charge in [-0.15, -0.1) is 0 Å². The number of pyridine rings is 1. The highest BCUT2D eigenvalue weighted by molar-refractivity contribution is 5.78. The van der Waals surface area contributed by atoms with Crippen LogP contribution in [0.25, 0.3) is 0 Å². The van der Waals surface area contributed by atoms with Gasteiger partial charge in [-0.1, -0.05) is 6.92 Å². The fraction of sp³-hybridized carbons (Fsp3) is 0.455. The van der Waals surface area contributed by atoms with Gasteiger partial charge < -0.3 is 10.6 Å². The summed E-state index contributed by atoms with van der Waals surface area (Å²) in [5, 5.41) is 0. The molecule has 0 radical (unpaired) electrons. The third kappa shape index (κ3) is 3.32. The molecular weight excluding hydrogens is 190 g/mol. The number of carbonyl (C=O) groups is 1. The van der Waals surface area contributed by atoms with E-state index in [0.717, 1.165) is 5.56 Å². The molecule has 82 valence electrons. The van der Waals surface area contributed by atoms with E-state index in [1.807, 2.05) is 19.1 Å². The van der Waals surface area contributed by atoms with E-state index in [0.29, 0.717) is 13.1 Å². The van der Waals surface area contributed by atoms with Gasteiger partial charge in [-0.3, -0.25) is 9.78 Å². The standard InChI is InChI=1S/C11H17N3O/c1-9(7-12)11(15)14(2)8-10-3-5-13-6-4-10/h3-6,9H,7-8,12H2,1-2H3. The lowest BCUT2D eigenvalue weighted by Gasteiger charge is -2.20. The maximum absolute atomic E-state index is 11.7. The predicted molar refractivity (Wildman–Crippen MR) is 58.9 cm³/mol. The summed E-state index contributed by atoms with van der Waals surface area (Å²) < 4.78 is 0. The minimum absolute atomic E-state index is 0.0781. The molecule has 0 saturated heterocycles. The van der Waals surface area contributed by atoms with E-state index in [1.165, 1.54) is 0 Å². The topological polar surface area (TPSA) is 59.2 Å². The van der Waals surface area contributed by atoms with Gasteiger partial charge in [-0.25, -0.2) is 0 Å². The van der Waals surface area contributed by atoms with E-state index < -0.39 is 0 Å². The van der Waals surface area contributed by atoms with Crippen LogP contribution in [0.2, 0.25) is 0 Å². The summed E-state index contributed by atoms with van der Waals surface area (Å²) in [5.41, 5.74) is 6.52. The van der Waals surface area contributed by atoms with Crippen molar-refractivity contribution in [3.8, 4) is 0 Å². The monoisotopic (exact) mass is 207 g/mol. The van der Waals surface area contributed by atoms with Gasteiger partial charge in [0.25, 0.3) is 0 Å². The fourth-order valence-corrected chi connectivity index (χ4v) is 1.32. The van der Waals surface area contributed by atoms with Crippen molar-refractivity contribution < 1.29 is 4.79 Å². The van der Waals surface area contributed by atoms with Gasteiger partial charge in [0.2, 0.25) is 5.91 Å². The molecule has 4 nitrogen and oxygen atoms in total. The van der Waals surface area contributed by atoms with Crippen LogP contribution in [-0.2, 0) is 11.3 Å². The highest BCUT2D eigenvalue weighted by Gasteiger charge is 2.15. The molecule has 0 bridgehead atoms. The summed E-state index contributed by atoms with van der Waals surface area (Å²) in [4.78, 5) is 17.3. The smallest absolute Gasteiger partial charge is 0.226 e. The summed E-state index contributed by atoms with van der Waals surface area (Å²) in [6, 6.07) is 3.80. The van der Waals surface area contributed by atoms with Gasteiger partial charge >= 0.3 is 0 Å². The maximum Gasteiger partial charge on any atom is 0.226 e. The number of carbonyl (C=O) groups excluding carboxylic acids is 1. The molecule has 0 spiro atoms. The average molecular weight is 207 g/mol. The van der Waals surface area contributed by atoms with Crippen LogP contribution in [0, 0.1) is 5.92 Å². The van der Waals surface area contributed by atoms with Crippen molar-refractivity contribution in [2.24, 2.45) is 11.7 Å². The summed E-state index contributed by atoms with van der Waals surface area (Å²) >= 11 is 0. The van der Waals surface area contributed by atoms with Gasteiger partial charge in [0, 0.05) is 38.4 Å². The Hall–Kier alpha value is -1.42. The molecule has 0 aromatic carbocycles. The van der Waals surface area contributed by atoms with Crippen molar-refractivity contribution in [2.75, 3.05) is 13.6 Å². The van der Waals surface area contributed by atoms with Crippen LogP contribution >= 0.6 is 0 Å². The van der Waals surface area contributed by atoms with Gasteiger partial charge in [-0.2, -0.15) is 0 Å². The number of amides is 1. The molecule has 1 unspecified atom stereocenters. The number of rotatable bonds is 4. The van der Waals surface area contributed by atoms with Gasteiger partial charge in [-0.05, 0) is 17.7 Å². The number of aromatic nitrogens is 1. The van der Waals surface area contributed by atoms with Crippen molar-refractivity contribution in [2.45, 2.75) is 13.5 Å². The number of hydrogen-bond acceptors (Lipinski definition) is 3. The Morgan fingerprint density at radius 3 is 2.67 bits per heavy atom. The SMILES string of the molecule is CC(CN)C(=O)N(C)Cc1ccncc1. The average Bonchev–Trinajstić information content (AvgIpc) is 2.28. The molecule has 1 heterocycles. The van der Waals surface area contributed by atoms with Crippen LogP contribution in [0.1, 0.15) is 12.5 Å². The van der Waals surface area contributed by atoms with Crippen LogP contribution in [-0.4, -0.2) is 29.4 Å². The molecule has 1 aromatic rings. The van der Waals surface area contributed by atoms with Crippen molar-refractivity contribution in [1.29, 1.82) is 0 Å². The first-order chi connectivity index (χ1) is 7.15. The Balaban J connectivity index is 2.56. The van der Waals surface area contributed by atoms with Crippen LogP contribution < -0.4 is 5.73 Å². The minimum atomic E-state index is -0.114. The van der Waals surface area contributed by atoms with Crippen molar-refractivity contribution in [3.05, 3.63) is 30.1 Å². The van der Waals surface area contributed by atoms with E-state index in [1.54, 1.807) is 24.3 Å². The van der Waals surface area contributed by atoms with E-state index in [-0.39, 0.29) is 11.8 Å². The van der Waals surface area contributed by atoms with Gasteiger partial charge in [0.15, 0.2) is 0 Å². The number of nitrogens with zero attached hydrogens (tertiary/aromatic N) is 2. The van der Waals surface area contributed by atoms with Gasteiger partial charge in [0.05, 0.1) is 0 Å². The largest absolute Gasteiger partial charge is 0.341 e. The first-order valence-corrected chi connectivity index (χ1v) is 4.99. The second-order valence-corrected chi connectivity index (χ2v) is 3.69. The summed E-state index contributed by atoms with van der Waals surface area (Å²) in [6.07, 6.45) is 3.44. The lowest BCUT2D eigenvalue weighted by molar-refractivity contribution is -0.133. The molecular formula is C11H17N3O. The highest BCUT2D eigenvalue weighted by Crippen LogP contribution is 2.05. The molecule has 1 rings (SSSR count). The van der Waals surface area contributed by atoms with Crippen molar-refractivity contribution in [3.63, 3.8) is 0 Å². The molecule has 1 amide bonds. The third-order valence-electron chi connectivity index (χ3n) is 2.32. The van der Waals surface area contributed by atoms with E-state index in [2.05, 4.69) is 4.98 Å². The highest BCUT2D eigenvalue weighted by atomic mass is 16.2.